The molecule has 0 saturated heterocycles. The van der Waals surface area contributed by atoms with E-state index in [4.69, 9.17) is 0 Å². The number of rotatable bonds is 0. The van der Waals surface area contributed by atoms with Gasteiger partial charge < -0.3 is 0 Å². The monoisotopic (exact) mass is 351 g/mol. The zero-order valence-corrected chi connectivity index (χ0v) is 6.82. The fourth-order valence-electron chi connectivity index (χ4n) is 0. The minimum atomic E-state index is 0. The van der Waals surface area contributed by atoms with E-state index < -0.39 is 0 Å². The van der Waals surface area contributed by atoms with Crippen molar-refractivity contribution in [3.63, 3.8) is 0 Å². The molecule has 0 bridgehead atoms. The van der Waals surface area contributed by atoms with Gasteiger partial charge in [-0.3, -0.25) is 0 Å². The summed E-state index contributed by atoms with van der Waals surface area (Å²) >= 11 is 0. The van der Waals surface area contributed by atoms with Crippen LogP contribution in [0.25, 0.3) is 0 Å². The van der Waals surface area contributed by atoms with Crippen molar-refractivity contribution < 1.29 is 69.4 Å². The summed E-state index contributed by atoms with van der Waals surface area (Å²) in [6.07, 6.45) is 0. The average molecular weight is 351 g/mol. The fraction of sp³-hybridized carbons (Fsp3) is 0. The standard InChI is InChI=1S/Co.Cu.La.Sr.2H. The topological polar surface area (TPSA) is 0 Å². The van der Waals surface area contributed by atoms with Crippen LogP contribution in [0.3, 0.4) is 0 Å². The van der Waals surface area contributed by atoms with Gasteiger partial charge in [0.25, 0.3) is 0 Å². The zero-order chi connectivity index (χ0) is 0. The predicted molar refractivity (Wildman–Crippen MR) is 8.54 cm³/mol. The van der Waals surface area contributed by atoms with Gasteiger partial charge in [-0.15, -0.1) is 0 Å². The molecule has 4 heteroatoms. The Kier molecular flexibility index (Phi) is 100. The van der Waals surface area contributed by atoms with Crippen molar-refractivity contribution in [2.75, 3.05) is 0 Å². The first kappa shape index (κ1) is 25.2. The molecule has 0 aromatic rings. The molecule has 0 amide bonds. The van der Waals surface area contributed by atoms with Crippen LogP contribution >= 0.6 is 0 Å². The van der Waals surface area contributed by atoms with Gasteiger partial charge in [0.2, 0.25) is 0 Å². The van der Waals surface area contributed by atoms with Gasteiger partial charge in [0, 0.05) is 69.4 Å². The molecule has 0 rings (SSSR count). The summed E-state index contributed by atoms with van der Waals surface area (Å²) in [6, 6.07) is 0. The van der Waals surface area contributed by atoms with Crippen LogP contribution in [0, 0.1) is 35.6 Å². The van der Waals surface area contributed by atoms with Crippen LogP contribution in [0.15, 0.2) is 0 Å². The van der Waals surface area contributed by atoms with Crippen molar-refractivity contribution in [1.29, 1.82) is 0 Å². The second-order valence-corrected chi connectivity index (χ2v) is 0. The van der Waals surface area contributed by atoms with Crippen molar-refractivity contribution in [1.82, 2.24) is 0 Å². The Morgan fingerprint density at radius 1 is 1.00 bits per heavy atom. The molecule has 0 atom stereocenters. The quantitative estimate of drug-likeness (QED) is 0.496. The molecule has 0 aliphatic carbocycles. The molecular weight excluding hydrogens is 349 g/mol. The Balaban J connectivity index is 0. The number of hydrogen-bond acceptors (Lipinski definition) is 0. The molecule has 0 aliphatic heterocycles. The maximum absolute atomic E-state index is 0. The van der Waals surface area contributed by atoms with E-state index in [9.17, 15) is 0 Å². The van der Waals surface area contributed by atoms with Crippen LogP contribution in [0.2, 0.25) is 0 Å². The van der Waals surface area contributed by atoms with E-state index in [1.807, 2.05) is 0 Å². The molecular formula is H2CoCuLaSr. The van der Waals surface area contributed by atoms with Gasteiger partial charge in [-0.05, 0) is 0 Å². The van der Waals surface area contributed by atoms with Crippen molar-refractivity contribution in [2.24, 2.45) is 0 Å². The Morgan fingerprint density at radius 2 is 1.00 bits per heavy atom. The Bertz CT molecular complexity index is 8.00. The molecule has 0 aromatic heterocycles. The molecule has 0 aromatic carbocycles. The molecule has 0 nitrogen and oxygen atoms in total. The summed E-state index contributed by atoms with van der Waals surface area (Å²) < 4.78 is 0. The van der Waals surface area contributed by atoms with E-state index in [0.717, 1.165) is 0 Å². The van der Waals surface area contributed by atoms with Gasteiger partial charge >= 0.3 is 45.5 Å². The third-order valence-corrected chi connectivity index (χ3v) is 0. The molecule has 0 heterocycles. The third-order valence-electron chi connectivity index (χ3n) is 0. The summed E-state index contributed by atoms with van der Waals surface area (Å²) in [5, 5.41) is 0. The van der Waals surface area contributed by atoms with Crippen molar-refractivity contribution in [3.8, 4) is 0 Å². The van der Waals surface area contributed by atoms with Crippen molar-refractivity contribution >= 4 is 45.5 Å². The molecule has 3 radical (unpaired) electrons. The van der Waals surface area contributed by atoms with Gasteiger partial charge in [0.05, 0.1) is 0 Å². The fourth-order valence-corrected chi connectivity index (χ4v) is 0. The van der Waals surface area contributed by atoms with Crippen molar-refractivity contribution in [3.05, 3.63) is 0 Å². The van der Waals surface area contributed by atoms with Gasteiger partial charge in [-0.2, -0.15) is 0 Å². The van der Waals surface area contributed by atoms with Crippen LogP contribution in [-0.4, -0.2) is 45.5 Å². The van der Waals surface area contributed by atoms with E-state index in [1.165, 1.54) is 0 Å². The van der Waals surface area contributed by atoms with Crippen LogP contribution in [0.1, 0.15) is 0 Å². The minimum absolute atomic E-state index is 0. The molecule has 27 valence electrons. The summed E-state index contributed by atoms with van der Waals surface area (Å²) in [4.78, 5) is 0. The third kappa shape index (κ3) is 9.20. The second kappa shape index (κ2) is 15.9. The van der Waals surface area contributed by atoms with Gasteiger partial charge in [0.1, 0.15) is 0 Å². The normalized spacial score (nSPS) is 0. The van der Waals surface area contributed by atoms with Crippen molar-refractivity contribution in [2.45, 2.75) is 0 Å². The van der Waals surface area contributed by atoms with E-state index >= 15 is 0 Å². The number of hydrogen-bond donors (Lipinski definition) is 0. The summed E-state index contributed by atoms with van der Waals surface area (Å²) in [6.45, 7) is 0. The first-order valence-electron chi connectivity index (χ1n) is 0. The molecule has 0 aliphatic rings. The van der Waals surface area contributed by atoms with E-state index in [2.05, 4.69) is 0 Å². The first-order valence-corrected chi connectivity index (χ1v) is 0. The first-order chi connectivity index (χ1) is 0. The molecule has 0 spiro atoms. The van der Waals surface area contributed by atoms with Gasteiger partial charge in [-0.1, -0.05) is 0 Å². The molecule has 0 unspecified atom stereocenters. The molecule has 4 heavy (non-hydrogen) atoms. The molecule has 0 saturated carbocycles. The predicted octanol–water partition coefficient (Wildman–Crippen LogP) is -0.921. The molecule has 0 N–H and O–H groups in total. The van der Waals surface area contributed by atoms with Crippen LogP contribution in [0.4, 0.5) is 0 Å². The van der Waals surface area contributed by atoms with E-state index in [1.54, 1.807) is 0 Å². The average Bonchev–Trinajstić information content (AvgIpc) is 0. The van der Waals surface area contributed by atoms with Crippen LogP contribution in [0.5, 0.6) is 0 Å². The van der Waals surface area contributed by atoms with Crippen LogP contribution in [-0.2, 0) is 33.8 Å². The Hall–Kier alpha value is 3.70. The molecule has 0 fully saturated rings. The SMILES string of the molecule is [Co].[Cu].[La].[SrH2]. The Labute approximate surface area is 112 Å². The van der Waals surface area contributed by atoms with Crippen LogP contribution < -0.4 is 0 Å². The Morgan fingerprint density at radius 3 is 1.00 bits per heavy atom. The van der Waals surface area contributed by atoms with E-state index in [-0.39, 0.29) is 115 Å². The summed E-state index contributed by atoms with van der Waals surface area (Å²) in [7, 11) is 0. The van der Waals surface area contributed by atoms with Gasteiger partial charge in [0.15, 0.2) is 0 Å². The second-order valence-electron chi connectivity index (χ2n) is 0. The van der Waals surface area contributed by atoms with Gasteiger partial charge in [-0.25, -0.2) is 0 Å². The zero-order valence-electron chi connectivity index (χ0n) is 1.21. The summed E-state index contributed by atoms with van der Waals surface area (Å²) in [5.74, 6) is 0. The maximum atomic E-state index is 0. The van der Waals surface area contributed by atoms with E-state index in [0.29, 0.717) is 0 Å². The summed E-state index contributed by atoms with van der Waals surface area (Å²) in [5.41, 5.74) is 0.